The van der Waals surface area contributed by atoms with Crippen molar-refractivity contribution in [3.8, 4) is 0 Å². The second kappa shape index (κ2) is 2.91. The van der Waals surface area contributed by atoms with Gasteiger partial charge in [-0.3, -0.25) is 0 Å². The van der Waals surface area contributed by atoms with Crippen LogP contribution in [0.3, 0.4) is 0 Å². The van der Waals surface area contributed by atoms with E-state index in [1.807, 2.05) is 12.1 Å². The molecule has 0 radical (unpaired) electrons. The van der Waals surface area contributed by atoms with Gasteiger partial charge in [0, 0.05) is 6.54 Å². The van der Waals surface area contributed by atoms with E-state index < -0.39 is 0 Å². The Balaban J connectivity index is 1.76. The molecule has 2 aromatic rings. The van der Waals surface area contributed by atoms with Crippen LogP contribution < -0.4 is 4.90 Å². The van der Waals surface area contributed by atoms with Crippen molar-refractivity contribution in [3.05, 3.63) is 18.5 Å². The first-order valence-electron chi connectivity index (χ1n) is 5.45. The molecule has 16 heavy (non-hydrogen) atoms. The minimum atomic E-state index is 0.392. The summed E-state index contributed by atoms with van der Waals surface area (Å²) >= 11 is 0. The topological polar surface area (TPSA) is 55.5 Å². The van der Waals surface area contributed by atoms with Crippen LogP contribution >= 0.6 is 0 Å². The van der Waals surface area contributed by atoms with Gasteiger partial charge in [0.15, 0.2) is 5.65 Å². The molecule has 2 aliphatic heterocycles. The molecule has 0 saturated carbocycles. The lowest BCUT2D eigenvalue weighted by molar-refractivity contribution is 0.0988. The molecule has 2 unspecified atom stereocenters. The highest BCUT2D eigenvalue weighted by molar-refractivity contribution is 5.47. The minimum Gasteiger partial charge on any atom is -0.374 e. The molecule has 2 fully saturated rings. The van der Waals surface area contributed by atoms with E-state index in [1.165, 1.54) is 0 Å². The normalized spacial score (nSPS) is 28.1. The van der Waals surface area contributed by atoms with Gasteiger partial charge in [-0.15, -0.1) is 15.3 Å². The molecule has 82 valence electrons. The molecule has 0 aliphatic carbocycles. The van der Waals surface area contributed by atoms with Gasteiger partial charge in [0.05, 0.1) is 18.8 Å². The van der Waals surface area contributed by atoms with Crippen LogP contribution in [-0.4, -0.2) is 45.1 Å². The Bertz CT molecular complexity index is 539. The summed E-state index contributed by atoms with van der Waals surface area (Å²) in [6.07, 6.45) is 3.15. The summed E-state index contributed by atoms with van der Waals surface area (Å²) in [5.74, 6) is 0.989. The third kappa shape index (κ3) is 1.07. The average Bonchev–Trinajstić information content (AvgIpc) is 3.03. The number of aromatic nitrogens is 4. The zero-order chi connectivity index (χ0) is 10.5. The van der Waals surface area contributed by atoms with Crippen molar-refractivity contribution in [1.29, 1.82) is 0 Å². The Hall–Kier alpha value is -1.69. The fraction of sp³-hybridized carbons (Fsp3) is 0.500. The van der Waals surface area contributed by atoms with Gasteiger partial charge in [-0.2, -0.15) is 4.52 Å². The molecule has 2 saturated heterocycles. The smallest absolute Gasteiger partial charge is 0.177 e. The van der Waals surface area contributed by atoms with Crippen LogP contribution in [-0.2, 0) is 4.74 Å². The molecular formula is C10H11N5O. The average molecular weight is 217 g/mol. The van der Waals surface area contributed by atoms with Crippen molar-refractivity contribution in [1.82, 2.24) is 19.8 Å². The summed E-state index contributed by atoms with van der Waals surface area (Å²) in [6, 6.07) is 4.44. The van der Waals surface area contributed by atoms with E-state index in [0.717, 1.165) is 31.0 Å². The van der Waals surface area contributed by atoms with Crippen LogP contribution in [0, 0.1) is 0 Å². The highest BCUT2D eigenvalue weighted by Gasteiger charge is 2.39. The number of morpholine rings is 1. The summed E-state index contributed by atoms with van der Waals surface area (Å²) in [5.41, 5.74) is 0.782. The fourth-order valence-corrected chi connectivity index (χ4v) is 2.55. The van der Waals surface area contributed by atoms with Crippen molar-refractivity contribution < 1.29 is 4.74 Å². The lowest BCUT2D eigenvalue weighted by atomic mass is 10.2. The van der Waals surface area contributed by atoms with Crippen molar-refractivity contribution in [2.24, 2.45) is 0 Å². The first kappa shape index (κ1) is 8.46. The molecule has 0 aromatic carbocycles. The number of hydrogen-bond acceptors (Lipinski definition) is 5. The summed E-state index contributed by atoms with van der Waals surface area (Å²) in [7, 11) is 0. The maximum absolute atomic E-state index is 5.58. The minimum absolute atomic E-state index is 0.392. The molecule has 0 amide bonds. The van der Waals surface area contributed by atoms with Gasteiger partial charge < -0.3 is 9.64 Å². The van der Waals surface area contributed by atoms with Crippen molar-refractivity contribution in [3.63, 3.8) is 0 Å². The Morgan fingerprint density at radius 2 is 2.38 bits per heavy atom. The quantitative estimate of drug-likeness (QED) is 0.678. The van der Waals surface area contributed by atoms with Gasteiger partial charge in [0.1, 0.15) is 12.1 Å². The third-order valence-electron chi connectivity index (χ3n) is 3.34. The van der Waals surface area contributed by atoms with E-state index in [0.29, 0.717) is 12.1 Å². The van der Waals surface area contributed by atoms with Crippen LogP contribution in [0.2, 0.25) is 0 Å². The predicted molar refractivity (Wildman–Crippen MR) is 56.3 cm³/mol. The summed E-state index contributed by atoms with van der Waals surface area (Å²) in [4.78, 5) is 2.31. The number of nitrogens with zero attached hydrogens (tertiary/aromatic N) is 5. The van der Waals surface area contributed by atoms with E-state index in [9.17, 15) is 0 Å². The summed E-state index contributed by atoms with van der Waals surface area (Å²) < 4.78 is 7.29. The summed E-state index contributed by atoms with van der Waals surface area (Å²) in [6.45, 7) is 1.78. The number of rotatable bonds is 1. The molecule has 4 heterocycles. The number of ether oxygens (including phenoxy) is 1. The maximum Gasteiger partial charge on any atom is 0.177 e. The van der Waals surface area contributed by atoms with Gasteiger partial charge in [-0.25, -0.2) is 0 Å². The van der Waals surface area contributed by atoms with E-state index >= 15 is 0 Å². The Kier molecular flexibility index (Phi) is 1.54. The van der Waals surface area contributed by atoms with E-state index in [1.54, 1.807) is 10.8 Å². The molecule has 6 heteroatoms. The van der Waals surface area contributed by atoms with Crippen LogP contribution in [0.1, 0.15) is 6.42 Å². The standard InChI is InChI=1S/C10H11N5O/c1-2-10(13-15-6-11-12-9(1)15)14-4-8-3-7(14)5-16-8/h1-2,6-8H,3-5H2. The van der Waals surface area contributed by atoms with Crippen molar-refractivity contribution in [2.75, 3.05) is 18.1 Å². The van der Waals surface area contributed by atoms with Crippen LogP contribution in [0.4, 0.5) is 5.82 Å². The monoisotopic (exact) mass is 217 g/mol. The summed E-state index contributed by atoms with van der Waals surface area (Å²) in [5, 5.41) is 12.3. The second-order valence-corrected chi connectivity index (χ2v) is 4.32. The molecule has 6 nitrogen and oxygen atoms in total. The zero-order valence-electron chi connectivity index (χ0n) is 8.65. The number of hydrogen-bond donors (Lipinski definition) is 0. The van der Waals surface area contributed by atoms with Gasteiger partial charge in [-0.1, -0.05) is 0 Å². The maximum atomic E-state index is 5.58. The van der Waals surface area contributed by atoms with E-state index in [2.05, 4.69) is 20.2 Å². The Morgan fingerprint density at radius 3 is 3.19 bits per heavy atom. The van der Waals surface area contributed by atoms with Crippen LogP contribution in [0.5, 0.6) is 0 Å². The number of anilines is 1. The molecule has 2 aromatic heterocycles. The molecule has 2 bridgehead atoms. The highest BCUT2D eigenvalue weighted by atomic mass is 16.5. The van der Waals surface area contributed by atoms with Crippen molar-refractivity contribution >= 4 is 11.5 Å². The van der Waals surface area contributed by atoms with E-state index in [-0.39, 0.29) is 0 Å². The molecule has 2 atom stereocenters. The van der Waals surface area contributed by atoms with Crippen LogP contribution in [0.15, 0.2) is 18.5 Å². The SMILES string of the molecule is c1cc2nncn2nc1N1CC2CC1CO2. The molecular weight excluding hydrogens is 206 g/mol. The van der Waals surface area contributed by atoms with Crippen LogP contribution in [0.25, 0.3) is 5.65 Å². The zero-order valence-corrected chi connectivity index (χ0v) is 8.65. The van der Waals surface area contributed by atoms with Gasteiger partial charge in [0.2, 0.25) is 0 Å². The molecule has 2 aliphatic rings. The largest absolute Gasteiger partial charge is 0.374 e. The fourth-order valence-electron chi connectivity index (χ4n) is 2.55. The lowest BCUT2D eigenvalue weighted by Gasteiger charge is -2.27. The first-order valence-corrected chi connectivity index (χ1v) is 5.45. The van der Waals surface area contributed by atoms with Crippen molar-refractivity contribution in [2.45, 2.75) is 18.6 Å². The van der Waals surface area contributed by atoms with Gasteiger partial charge in [-0.05, 0) is 18.6 Å². The number of fused-ring (bicyclic) bond motifs is 3. The third-order valence-corrected chi connectivity index (χ3v) is 3.34. The molecule has 0 N–H and O–H groups in total. The van der Waals surface area contributed by atoms with Gasteiger partial charge in [0.25, 0.3) is 0 Å². The Morgan fingerprint density at radius 1 is 1.38 bits per heavy atom. The lowest BCUT2D eigenvalue weighted by Crippen LogP contribution is -2.37. The van der Waals surface area contributed by atoms with Gasteiger partial charge >= 0.3 is 0 Å². The predicted octanol–water partition coefficient (Wildman–Crippen LogP) is 0.102. The molecule has 0 spiro atoms. The molecule has 4 rings (SSSR count). The highest BCUT2D eigenvalue weighted by Crippen LogP contribution is 2.31. The second-order valence-electron chi connectivity index (χ2n) is 4.32. The van der Waals surface area contributed by atoms with E-state index in [4.69, 9.17) is 4.74 Å². The Labute approximate surface area is 91.8 Å². The first-order chi connectivity index (χ1) is 7.90.